The zero-order chi connectivity index (χ0) is 27.7. The summed E-state index contributed by atoms with van der Waals surface area (Å²) in [6.45, 7) is 2.77. The van der Waals surface area contributed by atoms with Crippen molar-refractivity contribution in [3.63, 3.8) is 0 Å². The highest BCUT2D eigenvalue weighted by molar-refractivity contribution is 5.10. The fourth-order valence-corrected chi connectivity index (χ4v) is 9.20. The lowest BCUT2D eigenvalue weighted by molar-refractivity contribution is -0.136. The van der Waals surface area contributed by atoms with Crippen LogP contribution >= 0.6 is 0 Å². The zero-order valence-electron chi connectivity index (χ0n) is 26.1. The summed E-state index contributed by atoms with van der Waals surface area (Å²) in [7, 11) is 0. The van der Waals surface area contributed by atoms with Gasteiger partial charge in [0, 0.05) is 8.22 Å². The van der Waals surface area contributed by atoms with Crippen LogP contribution in [0.3, 0.4) is 0 Å². The van der Waals surface area contributed by atoms with Crippen LogP contribution in [0.2, 0.25) is 0 Å². The molecule has 12 atom stereocenters. The summed E-state index contributed by atoms with van der Waals surface area (Å²) in [5.74, 6) is -0.310. The number of hydrogen-bond donors (Lipinski definition) is 3. The average Bonchev–Trinajstić information content (AvgIpc) is 3.13. The molecule has 0 saturated heterocycles. The Morgan fingerprint density at radius 3 is 2.23 bits per heavy atom. The minimum absolute atomic E-state index is 0.0509. The Morgan fingerprint density at radius 2 is 1.52 bits per heavy atom. The Balaban J connectivity index is 1.50. The molecular weight excluding hydrogens is 384 g/mol. The molecule has 0 amide bonds. The lowest BCUT2D eigenvalue weighted by atomic mass is 9.44. The number of aliphatic hydroxyl groups is 3. The molecular formula is C28H50O3. The Hall–Kier alpha value is -0.120. The Morgan fingerprint density at radius 1 is 0.839 bits per heavy atom. The summed E-state index contributed by atoms with van der Waals surface area (Å²) in [4.78, 5) is 0. The van der Waals surface area contributed by atoms with E-state index >= 15 is 0 Å². The van der Waals surface area contributed by atoms with Gasteiger partial charge in [0.1, 0.15) is 0 Å². The maximum atomic E-state index is 11.3. The third-order valence-corrected chi connectivity index (χ3v) is 11.3. The van der Waals surface area contributed by atoms with Gasteiger partial charge in [-0.1, -0.05) is 41.4 Å². The van der Waals surface area contributed by atoms with Crippen LogP contribution in [0.15, 0.2) is 0 Å². The number of rotatable bonds is 5. The van der Waals surface area contributed by atoms with Crippen molar-refractivity contribution in [3.8, 4) is 0 Å². The molecule has 4 rings (SSSR count). The second kappa shape index (κ2) is 8.58. The van der Waals surface area contributed by atoms with Crippen molar-refractivity contribution in [2.24, 2.45) is 58.2 Å². The number of fused-ring (bicyclic) bond motifs is 5. The fraction of sp³-hybridized carbons (Fsp3) is 1.00. The largest absolute Gasteiger partial charge is 0.393 e. The van der Waals surface area contributed by atoms with Gasteiger partial charge in [-0.25, -0.2) is 0 Å². The van der Waals surface area contributed by atoms with Crippen molar-refractivity contribution in [2.75, 3.05) is 0 Å². The van der Waals surface area contributed by atoms with Crippen LogP contribution in [-0.2, 0) is 0 Å². The van der Waals surface area contributed by atoms with Crippen molar-refractivity contribution < 1.29 is 23.5 Å². The Bertz CT molecular complexity index is 803. The minimum atomic E-state index is -2.75. The van der Waals surface area contributed by atoms with Crippen molar-refractivity contribution >= 4 is 0 Å². The van der Waals surface area contributed by atoms with Gasteiger partial charge in [0.2, 0.25) is 0 Å². The Labute approximate surface area is 199 Å². The lowest BCUT2D eigenvalue weighted by Crippen LogP contribution is -2.54. The molecule has 0 aromatic heterocycles. The number of aliphatic hydroxyl groups excluding tert-OH is 3. The highest BCUT2D eigenvalue weighted by Crippen LogP contribution is 2.68. The normalized spacial score (nSPS) is 52.6. The van der Waals surface area contributed by atoms with E-state index in [2.05, 4.69) is 13.8 Å². The van der Waals surface area contributed by atoms with E-state index in [1.54, 1.807) is 0 Å². The highest BCUT2D eigenvalue weighted by Gasteiger charge is 2.61. The van der Waals surface area contributed by atoms with Gasteiger partial charge in [-0.15, -0.1) is 0 Å². The molecule has 4 saturated carbocycles. The quantitative estimate of drug-likeness (QED) is 0.517. The van der Waals surface area contributed by atoms with E-state index in [-0.39, 0.29) is 23.4 Å². The summed E-state index contributed by atoms with van der Waals surface area (Å²) >= 11 is 0. The van der Waals surface area contributed by atoms with Crippen LogP contribution in [0.4, 0.5) is 0 Å². The fourth-order valence-electron chi connectivity index (χ4n) is 9.20. The minimum Gasteiger partial charge on any atom is -0.393 e. The second-order valence-electron chi connectivity index (χ2n) is 12.5. The molecule has 0 unspecified atom stereocenters. The van der Waals surface area contributed by atoms with E-state index in [1.807, 2.05) is 6.92 Å². The monoisotopic (exact) mass is 440 g/mol. The molecule has 3 N–H and O–H groups in total. The first-order chi connectivity index (χ1) is 16.9. The van der Waals surface area contributed by atoms with E-state index < -0.39 is 37.7 Å². The zero-order valence-corrected chi connectivity index (χ0v) is 20.1. The van der Waals surface area contributed by atoms with Gasteiger partial charge in [0.15, 0.2) is 0 Å². The van der Waals surface area contributed by atoms with Crippen molar-refractivity contribution in [1.82, 2.24) is 0 Å². The number of hydrogen-bond acceptors (Lipinski definition) is 3. The van der Waals surface area contributed by atoms with Crippen LogP contribution in [0.1, 0.15) is 107 Å². The molecule has 0 aromatic carbocycles. The summed E-state index contributed by atoms with van der Waals surface area (Å²) in [6, 6.07) is 0. The van der Waals surface area contributed by atoms with Crippen molar-refractivity contribution in [2.45, 2.75) is 117 Å². The van der Waals surface area contributed by atoms with Crippen LogP contribution in [-0.4, -0.2) is 33.6 Å². The van der Waals surface area contributed by atoms with Crippen LogP contribution in [0.5, 0.6) is 0 Å². The van der Waals surface area contributed by atoms with E-state index in [9.17, 15) is 15.3 Å². The van der Waals surface area contributed by atoms with Gasteiger partial charge in [-0.3, -0.25) is 0 Å². The molecule has 3 heteroatoms. The molecule has 0 heterocycles. The topological polar surface area (TPSA) is 60.7 Å². The van der Waals surface area contributed by atoms with Gasteiger partial charge in [-0.05, 0) is 116 Å². The molecule has 0 aliphatic heterocycles. The first kappa shape index (κ1) is 17.3. The lowest BCUT2D eigenvalue weighted by Gasteiger charge is -2.61. The molecule has 0 spiro atoms. The summed E-state index contributed by atoms with van der Waals surface area (Å²) < 4.78 is 46.7. The van der Waals surface area contributed by atoms with E-state index in [4.69, 9.17) is 8.22 Å². The Kier molecular flexibility index (Phi) is 4.80. The third kappa shape index (κ3) is 3.83. The molecule has 4 aliphatic rings. The van der Waals surface area contributed by atoms with Gasteiger partial charge >= 0.3 is 0 Å². The van der Waals surface area contributed by atoms with Crippen molar-refractivity contribution in [3.05, 3.63) is 0 Å². The van der Waals surface area contributed by atoms with Crippen molar-refractivity contribution in [1.29, 1.82) is 0 Å². The smallest absolute Gasteiger partial charge is 0.0830 e. The predicted octanol–water partition coefficient (Wildman–Crippen LogP) is 5.66. The van der Waals surface area contributed by atoms with Gasteiger partial charge < -0.3 is 15.3 Å². The predicted molar refractivity (Wildman–Crippen MR) is 126 cm³/mol. The van der Waals surface area contributed by atoms with Crippen LogP contribution in [0.25, 0.3) is 0 Å². The standard InChI is InChI=1S/C28H50O3/c1-16(2)17(3)25(30)26(31)18(4)22-9-10-23-21-8-7-19-15-20(29)11-13-27(19,5)24(21)12-14-28(22,23)6/h16-26,29-31H,7-15H2,1-6H3/t17-,18-,19-,20-,21-,22+,23-,24-,25+,26+,27-,28+/m0/s1/i1D3,2D3. The molecule has 4 aliphatic carbocycles. The molecule has 31 heavy (non-hydrogen) atoms. The second-order valence-corrected chi connectivity index (χ2v) is 12.5. The maximum absolute atomic E-state index is 11.3. The van der Waals surface area contributed by atoms with Gasteiger partial charge in [0.25, 0.3) is 0 Å². The molecule has 0 radical (unpaired) electrons. The van der Waals surface area contributed by atoms with E-state index in [0.29, 0.717) is 29.1 Å². The molecule has 0 bridgehead atoms. The SMILES string of the molecule is [2H]C([2H])([2H])C([C@H](C)[C@@H](O)[C@H](O)[C@@H](C)[C@H]1CC[C@H]2[C@@H]3CC[C@H]4C[C@@H](O)CC[C@]4(C)[C@H]3CC[C@]12C)C([2H])([2H])[2H]. The highest BCUT2D eigenvalue weighted by atomic mass is 16.3. The molecule has 4 fully saturated rings. The van der Waals surface area contributed by atoms with Crippen LogP contribution < -0.4 is 0 Å². The van der Waals surface area contributed by atoms with Gasteiger partial charge in [-0.2, -0.15) is 0 Å². The van der Waals surface area contributed by atoms with E-state index in [1.165, 1.54) is 26.2 Å². The van der Waals surface area contributed by atoms with Gasteiger partial charge in [0.05, 0.1) is 18.3 Å². The average molecular weight is 441 g/mol. The summed E-state index contributed by atoms with van der Waals surface area (Å²) in [6.07, 6.45) is 6.97. The summed E-state index contributed by atoms with van der Waals surface area (Å²) in [5.41, 5.74) is 0.354. The maximum Gasteiger partial charge on any atom is 0.0830 e. The first-order valence-electron chi connectivity index (χ1n) is 16.0. The van der Waals surface area contributed by atoms with Crippen LogP contribution in [0, 0.1) is 58.2 Å². The molecule has 180 valence electrons. The van der Waals surface area contributed by atoms with E-state index in [0.717, 1.165) is 38.5 Å². The molecule has 3 nitrogen and oxygen atoms in total. The third-order valence-electron chi connectivity index (χ3n) is 11.3. The first-order valence-corrected chi connectivity index (χ1v) is 13.0. The molecule has 0 aromatic rings. The summed E-state index contributed by atoms with van der Waals surface area (Å²) in [5, 5.41) is 32.7.